The summed E-state index contributed by atoms with van der Waals surface area (Å²) in [4.78, 5) is 0. The van der Waals surface area contributed by atoms with Gasteiger partial charge in [-0.05, 0) is 0 Å². The Labute approximate surface area is 165 Å². The van der Waals surface area contributed by atoms with E-state index in [0.717, 1.165) is 14.2 Å². The molecule has 0 spiro atoms. The van der Waals surface area contributed by atoms with Crippen molar-refractivity contribution in [3.63, 3.8) is 0 Å². The average molecular weight is 450 g/mol. The van der Waals surface area contributed by atoms with Gasteiger partial charge in [0.15, 0.2) is 12.6 Å². The molecule has 0 amide bonds. The first kappa shape index (κ1) is 25.0. The molecule has 14 nitrogen and oxygen atoms in total. The summed E-state index contributed by atoms with van der Waals surface area (Å²) in [6.45, 7) is -1.31. The maximum Gasteiger partial charge on any atom is 0.474 e. The fourth-order valence-corrected chi connectivity index (χ4v) is 3.51. The lowest BCUT2D eigenvalue weighted by atomic mass is 9.98. The predicted octanol–water partition coefficient (Wildman–Crippen LogP) is -3.97. The molecule has 2 aliphatic rings. The maximum absolute atomic E-state index is 11.9. The van der Waals surface area contributed by atoms with E-state index in [1.165, 1.54) is 0 Å². The van der Waals surface area contributed by atoms with E-state index in [4.69, 9.17) is 18.7 Å². The van der Waals surface area contributed by atoms with Crippen LogP contribution in [0.4, 0.5) is 0 Å². The number of phosphoric ester groups is 1. The Bertz CT molecular complexity index is 554. The van der Waals surface area contributed by atoms with Crippen molar-refractivity contribution in [1.82, 2.24) is 0 Å². The summed E-state index contributed by atoms with van der Waals surface area (Å²) in [5.74, 6) is 0. The van der Waals surface area contributed by atoms with Crippen LogP contribution < -0.4 is 0 Å². The highest BCUT2D eigenvalue weighted by Crippen LogP contribution is 2.48. The Hall–Kier alpha value is -0.290. The molecule has 0 aliphatic carbocycles. The van der Waals surface area contributed by atoms with Gasteiger partial charge in [-0.1, -0.05) is 0 Å². The molecule has 2 fully saturated rings. The van der Waals surface area contributed by atoms with E-state index in [-0.39, 0.29) is 0 Å². The first-order valence-corrected chi connectivity index (χ1v) is 10.1. The van der Waals surface area contributed by atoms with Crippen LogP contribution in [0.25, 0.3) is 0 Å². The third-order valence-electron chi connectivity index (χ3n) is 4.63. The molecule has 29 heavy (non-hydrogen) atoms. The van der Waals surface area contributed by atoms with Gasteiger partial charge in [0.05, 0.1) is 13.2 Å². The lowest BCUT2D eigenvalue weighted by Crippen LogP contribution is -2.63. The molecule has 0 radical (unpaired) electrons. The van der Waals surface area contributed by atoms with E-state index in [9.17, 15) is 40.3 Å². The molecular weight excluding hydrogens is 423 g/mol. The molecule has 0 unspecified atom stereocenters. The summed E-state index contributed by atoms with van der Waals surface area (Å²) in [7, 11) is -1.81. The van der Waals surface area contributed by atoms with Gasteiger partial charge in [-0.25, -0.2) is 4.57 Å². The molecule has 0 bridgehead atoms. The highest BCUT2D eigenvalue weighted by Gasteiger charge is 2.50. The van der Waals surface area contributed by atoms with Gasteiger partial charge in [0.25, 0.3) is 0 Å². The highest BCUT2D eigenvalue weighted by molar-refractivity contribution is 7.48. The molecule has 2 saturated heterocycles. The summed E-state index contributed by atoms with van der Waals surface area (Å²) in [6, 6.07) is 0. The van der Waals surface area contributed by atoms with Crippen molar-refractivity contribution in [3.8, 4) is 0 Å². The fourth-order valence-electron chi connectivity index (χ4n) is 2.82. The fraction of sp³-hybridized carbons (Fsp3) is 1.00. The first-order chi connectivity index (χ1) is 13.6. The van der Waals surface area contributed by atoms with Crippen molar-refractivity contribution in [1.29, 1.82) is 0 Å². The van der Waals surface area contributed by atoms with Gasteiger partial charge in [0.1, 0.15) is 48.8 Å². The van der Waals surface area contributed by atoms with Gasteiger partial charge in [-0.3, -0.25) is 13.6 Å². The SMILES string of the molecule is COP(=O)(OC)OC[C@H]1O[C@H](O[C@H]2O[C@H](CO)[C@@H](O)[C@H](O)[C@H]2O)[C@H](O)[C@@H](O)[C@@H]1O. The average Bonchev–Trinajstić information content (AvgIpc) is 2.73. The third kappa shape index (κ3) is 5.50. The van der Waals surface area contributed by atoms with Crippen molar-refractivity contribution < 1.29 is 68.1 Å². The molecule has 172 valence electrons. The van der Waals surface area contributed by atoms with Crippen molar-refractivity contribution >= 4 is 7.82 Å². The summed E-state index contributed by atoms with van der Waals surface area (Å²) in [5.41, 5.74) is 0. The standard InChI is InChI=1S/C14H27O14P/c1-23-29(22,24-2)25-4-6-8(17)10(19)12(21)14(27-6)28-13-11(20)9(18)7(16)5(3-15)26-13/h5-21H,3-4H2,1-2H3/t5-,6-,7-,8-,9+,10+,11-,12-,13-,14-/m1/s1. The Morgan fingerprint density at radius 1 is 0.759 bits per heavy atom. The third-order valence-corrected chi connectivity index (χ3v) is 5.99. The molecule has 2 heterocycles. The van der Waals surface area contributed by atoms with Gasteiger partial charge in [-0.2, -0.15) is 0 Å². The molecule has 0 aromatic rings. The van der Waals surface area contributed by atoms with E-state index in [1.807, 2.05) is 0 Å². The van der Waals surface area contributed by atoms with Gasteiger partial charge in [0.2, 0.25) is 0 Å². The molecule has 2 rings (SSSR count). The molecule has 10 atom stereocenters. The highest BCUT2D eigenvalue weighted by atomic mass is 31.2. The van der Waals surface area contributed by atoms with E-state index in [1.54, 1.807) is 0 Å². The van der Waals surface area contributed by atoms with E-state index >= 15 is 0 Å². The zero-order valence-corrected chi connectivity index (χ0v) is 16.5. The van der Waals surface area contributed by atoms with Crippen LogP contribution in [0.2, 0.25) is 0 Å². The summed E-state index contributed by atoms with van der Waals surface area (Å²) < 4.78 is 41.7. The second-order valence-corrected chi connectivity index (χ2v) is 8.34. The summed E-state index contributed by atoms with van der Waals surface area (Å²) in [6.07, 6.45) is -16.5. The minimum atomic E-state index is -3.93. The van der Waals surface area contributed by atoms with Crippen LogP contribution in [0.5, 0.6) is 0 Å². The molecule has 2 aliphatic heterocycles. The minimum Gasteiger partial charge on any atom is -0.394 e. The smallest absolute Gasteiger partial charge is 0.394 e. The molecule has 15 heteroatoms. The number of aliphatic hydroxyl groups is 7. The zero-order valence-electron chi connectivity index (χ0n) is 15.6. The number of ether oxygens (including phenoxy) is 3. The van der Waals surface area contributed by atoms with Crippen LogP contribution >= 0.6 is 7.82 Å². The Balaban J connectivity index is 2.08. The van der Waals surface area contributed by atoms with Gasteiger partial charge in [-0.15, -0.1) is 0 Å². The van der Waals surface area contributed by atoms with Crippen molar-refractivity contribution in [2.24, 2.45) is 0 Å². The van der Waals surface area contributed by atoms with Crippen LogP contribution in [-0.4, -0.2) is 125 Å². The largest absolute Gasteiger partial charge is 0.474 e. The Kier molecular flexibility index (Phi) is 8.91. The van der Waals surface area contributed by atoms with Crippen LogP contribution in [0.3, 0.4) is 0 Å². The molecule has 0 saturated carbocycles. The summed E-state index contributed by atoms with van der Waals surface area (Å²) >= 11 is 0. The zero-order chi connectivity index (χ0) is 21.9. The van der Waals surface area contributed by atoms with Crippen LogP contribution in [0.15, 0.2) is 0 Å². The number of hydrogen-bond donors (Lipinski definition) is 7. The number of rotatable bonds is 8. The minimum absolute atomic E-state index is 0.599. The predicted molar refractivity (Wildman–Crippen MR) is 89.1 cm³/mol. The van der Waals surface area contributed by atoms with E-state index in [2.05, 4.69) is 9.05 Å². The van der Waals surface area contributed by atoms with Crippen molar-refractivity contribution in [3.05, 3.63) is 0 Å². The molecule has 0 aromatic heterocycles. The van der Waals surface area contributed by atoms with Gasteiger partial charge >= 0.3 is 7.82 Å². The maximum atomic E-state index is 11.9. The molecule has 7 N–H and O–H groups in total. The second-order valence-electron chi connectivity index (χ2n) is 6.46. The molecular formula is C14H27O14P. The number of aliphatic hydroxyl groups excluding tert-OH is 7. The lowest BCUT2D eigenvalue weighted by Gasteiger charge is -2.44. The van der Waals surface area contributed by atoms with Crippen LogP contribution in [-0.2, 0) is 32.3 Å². The van der Waals surface area contributed by atoms with Crippen molar-refractivity contribution in [2.45, 2.75) is 61.4 Å². The summed E-state index contributed by atoms with van der Waals surface area (Å²) in [5, 5.41) is 69.0. The van der Waals surface area contributed by atoms with Crippen LogP contribution in [0, 0.1) is 0 Å². The monoisotopic (exact) mass is 450 g/mol. The second kappa shape index (κ2) is 10.3. The normalized spacial score (nSPS) is 44.0. The molecule has 0 aromatic carbocycles. The quantitative estimate of drug-likeness (QED) is 0.176. The van der Waals surface area contributed by atoms with Crippen LogP contribution in [0.1, 0.15) is 0 Å². The van der Waals surface area contributed by atoms with Gasteiger partial charge < -0.3 is 50.0 Å². The topological polar surface area (TPSA) is 214 Å². The number of phosphoric acid groups is 1. The van der Waals surface area contributed by atoms with E-state index < -0.39 is 82.4 Å². The Morgan fingerprint density at radius 2 is 1.21 bits per heavy atom. The number of hydrogen-bond acceptors (Lipinski definition) is 14. The van der Waals surface area contributed by atoms with E-state index in [0.29, 0.717) is 0 Å². The van der Waals surface area contributed by atoms with Crippen molar-refractivity contribution in [2.75, 3.05) is 27.4 Å². The Morgan fingerprint density at radius 3 is 1.66 bits per heavy atom. The first-order valence-electron chi connectivity index (χ1n) is 8.60. The lowest BCUT2D eigenvalue weighted by molar-refractivity contribution is -0.376. The van der Waals surface area contributed by atoms with Gasteiger partial charge in [0, 0.05) is 14.2 Å².